The number of hydrogen-bond acceptors (Lipinski definition) is 3. The van der Waals surface area contributed by atoms with Gasteiger partial charge in [0.25, 0.3) is 10.0 Å². The van der Waals surface area contributed by atoms with Crippen LogP contribution in [0.2, 0.25) is 10.0 Å². The van der Waals surface area contributed by atoms with Gasteiger partial charge in [-0.15, -0.1) is 0 Å². The van der Waals surface area contributed by atoms with Crippen molar-refractivity contribution in [3.05, 3.63) is 75.9 Å². The Balaban J connectivity index is 1.73. The van der Waals surface area contributed by atoms with Crippen LogP contribution in [0.3, 0.4) is 0 Å². The van der Waals surface area contributed by atoms with Crippen LogP contribution in [0.25, 0.3) is 0 Å². The van der Waals surface area contributed by atoms with E-state index in [4.69, 9.17) is 23.2 Å². The first kappa shape index (κ1) is 20.7. The zero-order valence-electron chi connectivity index (χ0n) is 15.6. The maximum absolute atomic E-state index is 12.6. The molecule has 1 atom stereocenters. The lowest BCUT2D eigenvalue weighted by Gasteiger charge is -2.10. The highest BCUT2D eigenvalue weighted by atomic mass is 35.5. The summed E-state index contributed by atoms with van der Waals surface area (Å²) in [6.45, 7) is 4.62. The molecule has 0 spiro atoms. The van der Waals surface area contributed by atoms with Crippen LogP contribution in [0, 0.1) is 0 Å². The summed E-state index contributed by atoms with van der Waals surface area (Å²) in [5.74, 6) is 0.635. The molecule has 148 valence electrons. The predicted octanol–water partition coefficient (Wildman–Crippen LogP) is 5.55. The van der Waals surface area contributed by atoms with Crippen molar-refractivity contribution in [2.75, 3.05) is 4.72 Å². The molecule has 0 radical (unpaired) electrons. The molecule has 1 N–H and O–H groups in total. The summed E-state index contributed by atoms with van der Waals surface area (Å²) in [6, 6.07) is 13.8. The number of nitrogens with one attached hydrogen (secondary N) is 1. The van der Waals surface area contributed by atoms with Crippen molar-refractivity contribution in [2.24, 2.45) is 0 Å². The lowest BCUT2D eigenvalue weighted by molar-refractivity contribution is 0.600. The molecule has 28 heavy (non-hydrogen) atoms. The Kier molecular flexibility index (Phi) is 6.33. The third-order valence-electron chi connectivity index (χ3n) is 4.60. The van der Waals surface area contributed by atoms with E-state index in [-0.39, 0.29) is 10.7 Å². The first-order valence-corrected chi connectivity index (χ1v) is 11.1. The average molecular weight is 438 g/mol. The Morgan fingerprint density at radius 3 is 2.46 bits per heavy atom. The molecule has 0 aliphatic heterocycles. The molecule has 0 aliphatic carbocycles. The fraction of sp³-hybridized carbons (Fsp3) is 0.250. The van der Waals surface area contributed by atoms with Crippen LogP contribution in [0.15, 0.2) is 59.6 Å². The van der Waals surface area contributed by atoms with Crippen LogP contribution >= 0.6 is 23.2 Å². The summed E-state index contributed by atoms with van der Waals surface area (Å²) >= 11 is 12.1. The number of anilines is 1. The van der Waals surface area contributed by atoms with Gasteiger partial charge in [0, 0.05) is 22.3 Å². The molecule has 8 heteroatoms. The Morgan fingerprint density at radius 1 is 1.11 bits per heavy atom. The second kappa shape index (κ2) is 8.55. The molecular formula is C20H21Cl2N3O2S. The summed E-state index contributed by atoms with van der Waals surface area (Å²) in [7, 11) is -3.71. The zero-order chi connectivity index (χ0) is 20.3. The monoisotopic (exact) mass is 437 g/mol. The first-order valence-electron chi connectivity index (χ1n) is 8.88. The first-order chi connectivity index (χ1) is 13.3. The van der Waals surface area contributed by atoms with E-state index >= 15 is 0 Å². The van der Waals surface area contributed by atoms with Crippen LogP contribution in [-0.4, -0.2) is 18.2 Å². The fourth-order valence-corrected chi connectivity index (χ4v) is 4.20. The zero-order valence-corrected chi connectivity index (χ0v) is 17.9. The van der Waals surface area contributed by atoms with Gasteiger partial charge in [0.05, 0.1) is 11.4 Å². The SMILES string of the molecule is CCC(C)c1ccc(S(=O)(=O)Nc2ccn(Cc3ccc(Cl)cc3Cl)n2)cc1. The Hall–Kier alpha value is -2.02. The highest BCUT2D eigenvalue weighted by Gasteiger charge is 2.16. The van der Waals surface area contributed by atoms with Crippen molar-refractivity contribution in [3.8, 4) is 0 Å². The minimum absolute atomic E-state index is 0.204. The fourth-order valence-electron chi connectivity index (χ4n) is 2.74. The maximum atomic E-state index is 12.6. The number of nitrogens with zero attached hydrogens (tertiary/aromatic N) is 2. The molecule has 0 amide bonds. The molecule has 2 aromatic carbocycles. The van der Waals surface area contributed by atoms with E-state index in [2.05, 4.69) is 23.7 Å². The highest BCUT2D eigenvalue weighted by molar-refractivity contribution is 7.92. The largest absolute Gasteiger partial charge is 0.266 e. The van der Waals surface area contributed by atoms with Gasteiger partial charge in [-0.3, -0.25) is 9.40 Å². The van der Waals surface area contributed by atoms with E-state index in [1.54, 1.807) is 41.2 Å². The molecule has 0 saturated carbocycles. The number of sulfonamides is 1. The minimum atomic E-state index is -3.71. The van der Waals surface area contributed by atoms with Crippen LogP contribution in [0.4, 0.5) is 5.82 Å². The molecule has 5 nitrogen and oxygen atoms in total. The second-order valence-electron chi connectivity index (χ2n) is 6.62. The second-order valence-corrected chi connectivity index (χ2v) is 9.14. The number of hydrogen-bond donors (Lipinski definition) is 1. The van der Waals surface area contributed by atoms with Crippen LogP contribution in [0.1, 0.15) is 37.3 Å². The number of aromatic nitrogens is 2. The minimum Gasteiger partial charge on any atom is -0.266 e. The van der Waals surface area contributed by atoms with Crippen molar-refractivity contribution in [1.29, 1.82) is 0 Å². The Labute approximate surface area is 175 Å². The van der Waals surface area contributed by atoms with Gasteiger partial charge in [0.1, 0.15) is 0 Å². The highest BCUT2D eigenvalue weighted by Crippen LogP contribution is 2.23. The van der Waals surface area contributed by atoms with Gasteiger partial charge in [-0.1, -0.05) is 55.2 Å². The van der Waals surface area contributed by atoms with Gasteiger partial charge in [-0.05, 0) is 47.7 Å². The number of rotatable bonds is 7. The van der Waals surface area contributed by atoms with E-state index in [1.807, 2.05) is 18.2 Å². The number of benzene rings is 2. The third kappa shape index (κ3) is 4.87. The standard InChI is InChI=1S/C20H21Cl2N3O2S/c1-3-14(2)15-5-8-18(9-6-15)28(26,27)24-20-10-11-25(23-20)13-16-4-7-17(21)12-19(16)22/h4-12,14H,3,13H2,1-2H3,(H,23,24). The molecule has 1 aromatic heterocycles. The molecule has 0 aliphatic rings. The molecule has 0 bridgehead atoms. The van der Waals surface area contributed by atoms with E-state index in [1.165, 1.54) is 0 Å². The van der Waals surface area contributed by atoms with Crippen molar-refractivity contribution < 1.29 is 8.42 Å². The van der Waals surface area contributed by atoms with Gasteiger partial charge in [0.2, 0.25) is 0 Å². The van der Waals surface area contributed by atoms with Crippen molar-refractivity contribution in [2.45, 2.75) is 37.6 Å². The molecule has 1 unspecified atom stereocenters. The van der Waals surface area contributed by atoms with Gasteiger partial charge < -0.3 is 0 Å². The topological polar surface area (TPSA) is 64.0 Å². The number of halogens is 2. The van der Waals surface area contributed by atoms with E-state index < -0.39 is 10.0 Å². The normalized spacial score (nSPS) is 12.7. The van der Waals surface area contributed by atoms with E-state index in [0.717, 1.165) is 17.5 Å². The molecule has 3 aromatic rings. The third-order valence-corrected chi connectivity index (χ3v) is 6.56. The smallest absolute Gasteiger partial charge is 0.263 e. The van der Waals surface area contributed by atoms with Crippen LogP contribution < -0.4 is 4.72 Å². The Bertz CT molecular complexity index is 1060. The maximum Gasteiger partial charge on any atom is 0.263 e. The quantitative estimate of drug-likeness (QED) is 0.526. The van der Waals surface area contributed by atoms with Crippen LogP contribution in [-0.2, 0) is 16.6 Å². The molecular weight excluding hydrogens is 417 g/mol. The summed E-state index contributed by atoms with van der Waals surface area (Å²) in [6.07, 6.45) is 2.69. The van der Waals surface area contributed by atoms with E-state index in [0.29, 0.717) is 22.5 Å². The van der Waals surface area contributed by atoms with E-state index in [9.17, 15) is 8.42 Å². The predicted molar refractivity (Wildman–Crippen MR) is 114 cm³/mol. The van der Waals surface area contributed by atoms with Crippen molar-refractivity contribution >= 4 is 39.0 Å². The molecule has 0 fully saturated rings. The van der Waals surface area contributed by atoms with Crippen LogP contribution in [0.5, 0.6) is 0 Å². The lowest BCUT2D eigenvalue weighted by Crippen LogP contribution is -2.14. The van der Waals surface area contributed by atoms with Gasteiger partial charge >= 0.3 is 0 Å². The molecule has 3 rings (SSSR count). The summed E-state index contributed by atoms with van der Waals surface area (Å²) in [5, 5.41) is 5.36. The average Bonchev–Trinajstić information content (AvgIpc) is 3.09. The summed E-state index contributed by atoms with van der Waals surface area (Å²) < 4.78 is 29.4. The molecule has 0 saturated heterocycles. The molecule has 1 heterocycles. The lowest BCUT2D eigenvalue weighted by atomic mass is 9.99. The summed E-state index contributed by atoms with van der Waals surface area (Å²) in [4.78, 5) is 0.204. The van der Waals surface area contributed by atoms with Gasteiger partial charge in [-0.2, -0.15) is 5.10 Å². The summed E-state index contributed by atoms with van der Waals surface area (Å²) in [5.41, 5.74) is 1.95. The van der Waals surface area contributed by atoms with Gasteiger partial charge in [0.15, 0.2) is 5.82 Å². The Morgan fingerprint density at radius 2 is 1.82 bits per heavy atom. The van der Waals surface area contributed by atoms with Gasteiger partial charge in [-0.25, -0.2) is 8.42 Å². The van der Waals surface area contributed by atoms with Crippen molar-refractivity contribution in [3.63, 3.8) is 0 Å². The van der Waals surface area contributed by atoms with Crippen molar-refractivity contribution in [1.82, 2.24) is 9.78 Å².